The minimum atomic E-state index is -0.0934. The number of benzene rings is 2. The maximum atomic E-state index is 9.16. The molecule has 0 unspecified atom stereocenters. The smallest absolute Gasteiger partial charge is 0.123 e. The van der Waals surface area contributed by atoms with Gasteiger partial charge in [0, 0.05) is 18.7 Å². The molecule has 3 heteroatoms. The highest BCUT2D eigenvalue weighted by atomic mass is 16.5. The molecule has 0 aromatic heterocycles. The fourth-order valence-electron chi connectivity index (χ4n) is 2.76. The second-order valence-corrected chi connectivity index (χ2v) is 6.19. The third-order valence-electron chi connectivity index (χ3n) is 3.73. The lowest BCUT2D eigenvalue weighted by atomic mass is 10.0. The number of aliphatic hydroxyl groups excluding tert-OH is 1. The number of hydrogen-bond donors (Lipinski definition) is 2. The highest BCUT2D eigenvalue weighted by Gasteiger charge is 2.29. The van der Waals surface area contributed by atoms with Crippen molar-refractivity contribution in [2.24, 2.45) is 0 Å². The van der Waals surface area contributed by atoms with E-state index in [1.165, 1.54) is 11.1 Å². The summed E-state index contributed by atoms with van der Waals surface area (Å²) in [6.07, 6.45) is 0.955. The molecule has 0 spiro atoms. The van der Waals surface area contributed by atoms with E-state index in [-0.39, 0.29) is 12.2 Å². The predicted octanol–water partition coefficient (Wildman–Crippen LogP) is 3.50. The molecule has 1 heterocycles. The molecule has 2 N–H and O–H groups in total. The number of ether oxygens (including phenoxy) is 1. The lowest BCUT2D eigenvalue weighted by Gasteiger charge is -2.16. The van der Waals surface area contributed by atoms with Crippen LogP contribution in [0.4, 0.5) is 5.69 Å². The first-order valence-corrected chi connectivity index (χ1v) is 7.30. The van der Waals surface area contributed by atoms with Crippen LogP contribution in [0.25, 0.3) is 0 Å². The van der Waals surface area contributed by atoms with E-state index in [1.54, 1.807) is 0 Å². The topological polar surface area (TPSA) is 41.5 Å². The van der Waals surface area contributed by atoms with Crippen LogP contribution in [0.2, 0.25) is 0 Å². The van der Waals surface area contributed by atoms with Crippen LogP contribution >= 0.6 is 0 Å². The molecule has 0 atom stereocenters. The van der Waals surface area contributed by atoms with Gasteiger partial charge in [-0.05, 0) is 48.7 Å². The number of nitrogens with one attached hydrogen (secondary N) is 1. The molecular weight excluding hydrogens is 262 g/mol. The first-order valence-electron chi connectivity index (χ1n) is 7.30. The van der Waals surface area contributed by atoms with Gasteiger partial charge in [0.15, 0.2) is 0 Å². The zero-order valence-electron chi connectivity index (χ0n) is 12.5. The molecule has 2 aromatic rings. The van der Waals surface area contributed by atoms with Crippen LogP contribution in [-0.4, -0.2) is 10.7 Å². The molecule has 0 radical (unpaired) electrons. The summed E-state index contributed by atoms with van der Waals surface area (Å²) in [4.78, 5) is 0. The molecule has 0 bridgehead atoms. The Morgan fingerprint density at radius 2 is 2.00 bits per heavy atom. The number of aliphatic hydroxyl groups is 1. The highest BCUT2D eigenvalue weighted by Crippen LogP contribution is 2.35. The van der Waals surface area contributed by atoms with E-state index >= 15 is 0 Å². The number of hydrogen-bond acceptors (Lipinski definition) is 3. The van der Waals surface area contributed by atoms with Gasteiger partial charge in [-0.25, -0.2) is 0 Å². The van der Waals surface area contributed by atoms with Crippen molar-refractivity contribution < 1.29 is 9.84 Å². The average Bonchev–Trinajstić information content (AvgIpc) is 2.78. The van der Waals surface area contributed by atoms with Crippen molar-refractivity contribution in [2.45, 2.75) is 39.0 Å². The molecule has 0 amide bonds. The Bertz CT molecular complexity index is 649. The Morgan fingerprint density at radius 1 is 1.14 bits per heavy atom. The Balaban J connectivity index is 1.69. The van der Waals surface area contributed by atoms with Crippen LogP contribution < -0.4 is 10.1 Å². The monoisotopic (exact) mass is 283 g/mol. The quantitative estimate of drug-likeness (QED) is 0.902. The van der Waals surface area contributed by atoms with Crippen LogP contribution in [0.1, 0.15) is 30.5 Å². The van der Waals surface area contributed by atoms with Gasteiger partial charge in [-0.1, -0.05) is 24.3 Å². The van der Waals surface area contributed by atoms with Crippen molar-refractivity contribution in [2.75, 3.05) is 5.32 Å². The van der Waals surface area contributed by atoms with Crippen molar-refractivity contribution in [1.82, 2.24) is 0 Å². The fraction of sp³-hybridized carbons (Fsp3) is 0.333. The molecule has 2 aromatic carbocycles. The zero-order chi connectivity index (χ0) is 14.9. The fourth-order valence-corrected chi connectivity index (χ4v) is 2.76. The summed E-state index contributed by atoms with van der Waals surface area (Å²) in [6, 6.07) is 14.2. The maximum Gasteiger partial charge on any atom is 0.123 e. The van der Waals surface area contributed by atoms with Crippen LogP contribution in [-0.2, 0) is 19.6 Å². The van der Waals surface area contributed by atoms with E-state index in [0.717, 1.165) is 30.0 Å². The van der Waals surface area contributed by atoms with Crippen molar-refractivity contribution in [3.63, 3.8) is 0 Å². The minimum absolute atomic E-state index is 0.0702. The zero-order valence-corrected chi connectivity index (χ0v) is 12.5. The second-order valence-electron chi connectivity index (χ2n) is 6.19. The van der Waals surface area contributed by atoms with Gasteiger partial charge in [0.25, 0.3) is 0 Å². The van der Waals surface area contributed by atoms with Crippen molar-refractivity contribution in [1.29, 1.82) is 0 Å². The second kappa shape index (κ2) is 5.41. The number of fused-ring (bicyclic) bond motifs is 1. The summed E-state index contributed by atoms with van der Waals surface area (Å²) in [5.41, 5.74) is 4.37. The minimum Gasteiger partial charge on any atom is -0.487 e. The van der Waals surface area contributed by atoms with Gasteiger partial charge in [0.2, 0.25) is 0 Å². The molecule has 0 aliphatic carbocycles. The van der Waals surface area contributed by atoms with Gasteiger partial charge >= 0.3 is 0 Å². The van der Waals surface area contributed by atoms with E-state index in [1.807, 2.05) is 24.3 Å². The van der Waals surface area contributed by atoms with Gasteiger partial charge in [-0.3, -0.25) is 0 Å². The van der Waals surface area contributed by atoms with Gasteiger partial charge in [0.1, 0.15) is 11.4 Å². The molecule has 3 nitrogen and oxygen atoms in total. The first kappa shape index (κ1) is 14.0. The Labute approximate surface area is 125 Å². The van der Waals surface area contributed by atoms with Crippen LogP contribution in [0.15, 0.2) is 42.5 Å². The first-order chi connectivity index (χ1) is 10.1. The van der Waals surface area contributed by atoms with Crippen molar-refractivity contribution in [3.8, 4) is 5.75 Å². The molecule has 1 aliphatic heterocycles. The summed E-state index contributed by atoms with van der Waals surface area (Å²) in [5, 5.41) is 12.6. The summed E-state index contributed by atoms with van der Waals surface area (Å²) >= 11 is 0. The molecule has 3 rings (SSSR count). The molecule has 0 saturated heterocycles. The van der Waals surface area contributed by atoms with Crippen molar-refractivity contribution in [3.05, 3.63) is 59.2 Å². The highest BCUT2D eigenvalue weighted by molar-refractivity contribution is 5.47. The third-order valence-corrected chi connectivity index (χ3v) is 3.73. The van der Waals surface area contributed by atoms with Crippen LogP contribution in [0.3, 0.4) is 0 Å². The van der Waals surface area contributed by atoms with E-state index in [4.69, 9.17) is 9.84 Å². The molecule has 21 heavy (non-hydrogen) atoms. The number of rotatable bonds is 4. The van der Waals surface area contributed by atoms with E-state index in [9.17, 15) is 0 Å². The van der Waals surface area contributed by atoms with E-state index < -0.39 is 0 Å². The summed E-state index contributed by atoms with van der Waals surface area (Å²) in [5.74, 6) is 1.01. The van der Waals surface area contributed by atoms with Gasteiger partial charge in [0.05, 0.1) is 6.61 Å². The molecule has 110 valence electrons. The number of anilines is 1. The lowest BCUT2D eigenvalue weighted by Crippen LogP contribution is -2.24. The lowest BCUT2D eigenvalue weighted by molar-refractivity contribution is 0.138. The Morgan fingerprint density at radius 3 is 2.81 bits per heavy atom. The summed E-state index contributed by atoms with van der Waals surface area (Å²) in [6.45, 7) is 5.07. The standard InChI is InChI=1S/C18H21NO2/c1-18(2)10-15-8-13(6-7-17(15)21-18)11-19-16-5-3-4-14(9-16)12-20/h3-9,19-20H,10-12H2,1-2H3. The molecule has 1 aliphatic rings. The van der Waals surface area contributed by atoms with E-state index in [2.05, 4.69) is 37.4 Å². The van der Waals surface area contributed by atoms with Crippen LogP contribution in [0, 0.1) is 0 Å². The van der Waals surface area contributed by atoms with Gasteiger partial charge in [-0.15, -0.1) is 0 Å². The van der Waals surface area contributed by atoms with Gasteiger partial charge < -0.3 is 15.2 Å². The molecule has 0 fully saturated rings. The third kappa shape index (κ3) is 3.19. The average molecular weight is 283 g/mol. The summed E-state index contributed by atoms with van der Waals surface area (Å²) in [7, 11) is 0. The Kier molecular flexibility index (Phi) is 3.60. The largest absolute Gasteiger partial charge is 0.487 e. The van der Waals surface area contributed by atoms with Crippen LogP contribution in [0.5, 0.6) is 5.75 Å². The van der Waals surface area contributed by atoms with Gasteiger partial charge in [-0.2, -0.15) is 0 Å². The SMILES string of the molecule is CC1(C)Cc2cc(CNc3cccc(CO)c3)ccc2O1. The normalized spacial score (nSPS) is 15.4. The molecule has 0 saturated carbocycles. The maximum absolute atomic E-state index is 9.16. The summed E-state index contributed by atoms with van der Waals surface area (Å²) < 4.78 is 5.89. The molecular formula is C18H21NO2. The van der Waals surface area contributed by atoms with E-state index in [0.29, 0.717) is 0 Å². The predicted molar refractivity (Wildman–Crippen MR) is 84.5 cm³/mol. The van der Waals surface area contributed by atoms with Crippen molar-refractivity contribution >= 4 is 5.69 Å². The Hall–Kier alpha value is -2.00.